The van der Waals surface area contributed by atoms with Gasteiger partial charge in [0.05, 0.1) is 5.56 Å². The molecule has 1 saturated carbocycles. The highest BCUT2D eigenvalue weighted by molar-refractivity contribution is 6.05. The molecule has 224 valence electrons. The van der Waals surface area contributed by atoms with Crippen LogP contribution in [0.25, 0.3) is 5.82 Å². The number of amides is 1. The van der Waals surface area contributed by atoms with E-state index in [1.54, 1.807) is 29.1 Å². The van der Waals surface area contributed by atoms with Crippen LogP contribution in [0.5, 0.6) is 0 Å². The quantitative estimate of drug-likeness (QED) is 0.253. The number of imidazole rings is 1. The third-order valence-corrected chi connectivity index (χ3v) is 7.59. The lowest BCUT2D eigenvalue weighted by molar-refractivity contribution is -0.137. The van der Waals surface area contributed by atoms with Crippen LogP contribution in [0.3, 0.4) is 0 Å². The number of hydrogen-bond donors (Lipinski definition) is 3. The number of nitrogens with one attached hydrogen (secondary N) is 3. The molecular weight excluding hydrogens is 559 g/mol. The van der Waals surface area contributed by atoms with Crippen molar-refractivity contribution in [1.29, 1.82) is 0 Å². The molecule has 1 saturated heterocycles. The first-order valence-electron chi connectivity index (χ1n) is 14.1. The molecule has 1 amide bonds. The standard InChI is InChI=1S/C30H32F3N9O/c1-19-3-4-23(16-25(19)39-29-34-7-8-42(29)27-17-26(35-18-36-27)37-22-5-6-22)38-28(43)20-13-21(30(31,32)33)15-24(14-20)41-11-9-40(2)10-12-41/h3-4,7-8,13-18,22H,5-6,9-12H2,1-2H3,(H,34,39)(H,38,43)(H,35,36,37). The second-order valence-electron chi connectivity index (χ2n) is 11.0. The van der Waals surface area contributed by atoms with Crippen LogP contribution in [-0.4, -0.2) is 69.6 Å². The van der Waals surface area contributed by atoms with Crippen molar-refractivity contribution in [3.05, 3.63) is 77.9 Å². The molecule has 1 aliphatic heterocycles. The highest BCUT2D eigenvalue weighted by Crippen LogP contribution is 2.34. The number of nitrogens with zero attached hydrogens (tertiary/aromatic N) is 6. The summed E-state index contributed by atoms with van der Waals surface area (Å²) in [6.45, 7) is 4.51. The average molecular weight is 592 g/mol. The molecule has 13 heteroatoms. The van der Waals surface area contributed by atoms with Gasteiger partial charge in [0, 0.05) is 73.3 Å². The zero-order valence-corrected chi connectivity index (χ0v) is 23.8. The molecule has 0 atom stereocenters. The monoisotopic (exact) mass is 591 g/mol. The number of piperazine rings is 1. The van der Waals surface area contributed by atoms with Gasteiger partial charge in [-0.1, -0.05) is 6.07 Å². The number of carbonyl (C=O) groups excluding carboxylic acids is 1. The van der Waals surface area contributed by atoms with Crippen molar-refractivity contribution in [2.75, 3.05) is 54.1 Å². The minimum absolute atomic E-state index is 0.0613. The molecule has 0 spiro atoms. The lowest BCUT2D eigenvalue weighted by atomic mass is 10.1. The number of hydrogen-bond acceptors (Lipinski definition) is 8. The van der Waals surface area contributed by atoms with E-state index in [1.807, 2.05) is 31.0 Å². The summed E-state index contributed by atoms with van der Waals surface area (Å²) in [5.41, 5.74) is 1.43. The molecular formula is C30H32F3N9O. The molecule has 3 heterocycles. The third kappa shape index (κ3) is 6.72. The number of benzene rings is 2. The topological polar surface area (TPSA) is 103 Å². The van der Waals surface area contributed by atoms with E-state index < -0.39 is 17.6 Å². The fourth-order valence-electron chi connectivity index (χ4n) is 4.89. The van der Waals surface area contributed by atoms with Gasteiger partial charge in [0.1, 0.15) is 18.0 Å². The van der Waals surface area contributed by atoms with E-state index in [4.69, 9.17) is 0 Å². The second-order valence-corrected chi connectivity index (χ2v) is 11.0. The molecule has 0 unspecified atom stereocenters. The number of halogens is 3. The summed E-state index contributed by atoms with van der Waals surface area (Å²) in [6.07, 6.45) is 2.57. The molecule has 0 bridgehead atoms. The van der Waals surface area contributed by atoms with Gasteiger partial charge in [0.15, 0.2) is 0 Å². The first-order chi connectivity index (χ1) is 20.6. The molecule has 2 aliphatic rings. The van der Waals surface area contributed by atoms with Crippen molar-refractivity contribution in [3.8, 4) is 5.82 Å². The van der Waals surface area contributed by atoms with Gasteiger partial charge >= 0.3 is 6.18 Å². The lowest BCUT2D eigenvalue weighted by Crippen LogP contribution is -2.44. The minimum Gasteiger partial charge on any atom is -0.369 e. The number of alkyl halides is 3. The van der Waals surface area contributed by atoms with E-state index in [0.29, 0.717) is 48.0 Å². The van der Waals surface area contributed by atoms with Crippen LogP contribution in [-0.2, 0) is 6.18 Å². The SMILES string of the molecule is Cc1ccc(NC(=O)c2cc(N3CCN(C)CC3)cc(C(F)(F)F)c2)cc1Nc1nccn1-c1cc(NC2CC2)ncn1. The Morgan fingerprint density at radius 2 is 1.77 bits per heavy atom. The van der Waals surface area contributed by atoms with Crippen LogP contribution in [0.2, 0.25) is 0 Å². The number of carbonyl (C=O) groups is 1. The molecule has 2 fully saturated rings. The smallest absolute Gasteiger partial charge is 0.369 e. The largest absolute Gasteiger partial charge is 0.416 e. The van der Waals surface area contributed by atoms with Crippen molar-refractivity contribution in [2.45, 2.75) is 32.0 Å². The summed E-state index contributed by atoms with van der Waals surface area (Å²) in [4.78, 5) is 30.4. The molecule has 2 aromatic carbocycles. The number of likely N-dealkylation sites (N-methyl/N-ethyl adjacent to an activating group) is 1. The normalized spacial score (nSPS) is 15.8. The average Bonchev–Trinajstić information content (AvgIpc) is 3.68. The van der Waals surface area contributed by atoms with Crippen LogP contribution in [0, 0.1) is 6.92 Å². The first kappa shape index (κ1) is 28.5. The summed E-state index contributed by atoms with van der Waals surface area (Å²) in [5, 5.41) is 9.42. The van der Waals surface area contributed by atoms with E-state index >= 15 is 0 Å². The van der Waals surface area contributed by atoms with Crippen LogP contribution in [0.1, 0.15) is 34.3 Å². The highest BCUT2D eigenvalue weighted by Gasteiger charge is 2.33. The van der Waals surface area contributed by atoms with E-state index in [0.717, 1.165) is 49.4 Å². The Bertz CT molecular complexity index is 1630. The van der Waals surface area contributed by atoms with E-state index in [9.17, 15) is 18.0 Å². The zero-order chi connectivity index (χ0) is 30.1. The van der Waals surface area contributed by atoms with Crippen LogP contribution < -0.4 is 20.9 Å². The lowest BCUT2D eigenvalue weighted by Gasteiger charge is -2.34. The number of rotatable bonds is 8. The van der Waals surface area contributed by atoms with Crippen molar-refractivity contribution in [3.63, 3.8) is 0 Å². The Hall–Kier alpha value is -4.65. The molecule has 1 aliphatic carbocycles. The fraction of sp³-hybridized carbons (Fsp3) is 0.333. The molecule has 10 nitrogen and oxygen atoms in total. The summed E-state index contributed by atoms with van der Waals surface area (Å²) >= 11 is 0. The molecule has 2 aromatic heterocycles. The molecule has 43 heavy (non-hydrogen) atoms. The summed E-state index contributed by atoms with van der Waals surface area (Å²) in [6, 6.07) is 11.1. The first-order valence-corrected chi connectivity index (χ1v) is 14.1. The Labute approximate surface area is 247 Å². The van der Waals surface area contributed by atoms with Gasteiger partial charge in [-0.2, -0.15) is 13.2 Å². The molecule has 0 radical (unpaired) electrons. The van der Waals surface area contributed by atoms with Crippen molar-refractivity contribution >= 4 is 34.7 Å². The Balaban J connectivity index is 1.22. The van der Waals surface area contributed by atoms with Crippen LogP contribution in [0.4, 0.5) is 42.0 Å². The zero-order valence-electron chi connectivity index (χ0n) is 23.8. The Morgan fingerprint density at radius 1 is 0.977 bits per heavy atom. The predicted molar refractivity (Wildman–Crippen MR) is 159 cm³/mol. The fourth-order valence-corrected chi connectivity index (χ4v) is 4.89. The van der Waals surface area contributed by atoms with Gasteiger partial charge in [-0.05, 0) is 62.7 Å². The highest BCUT2D eigenvalue weighted by atomic mass is 19.4. The van der Waals surface area contributed by atoms with E-state index in [-0.39, 0.29) is 5.56 Å². The number of aromatic nitrogens is 4. The molecule has 6 rings (SSSR count). The van der Waals surface area contributed by atoms with Gasteiger partial charge in [-0.15, -0.1) is 0 Å². The van der Waals surface area contributed by atoms with E-state index in [1.165, 1.54) is 12.4 Å². The maximum atomic E-state index is 13.8. The van der Waals surface area contributed by atoms with Crippen molar-refractivity contribution < 1.29 is 18.0 Å². The minimum atomic E-state index is -4.58. The van der Waals surface area contributed by atoms with Gasteiger partial charge in [0.2, 0.25) is 5.95 Å². The molecule has 4 aromatic rings. The van der Waals surface area contributed by atoms with Gasteiger partial charge in [0.25, 0.3) is 5.91 Å². The van der Waals surface area contributed by atoms with Gasteiger partial charge in [-0.25, -0.2) is 15.0 Å². The third-order valence-electron chi connectivity index (χ3n) is 7.59. The van der Waals surface area contributed by atoms with Gasteiger partial charge in [-0.3, -0.25) is 9.36 Å². The maximum Gasteiger partial charge on any atom is 0.416 e. The second kappa shape index (κ2) is 11.6. The van der Waals surface area contributed by atoms with E-state index in [2.05, 4.69) is 35.8 Å². The predicted octanol–water partition coefficient (Wildman–Crippen LogP) is 5.31. The Kier molecular flexibility index (Phi) is 7.65. The van der Waals surface area contributed by atoms with Crippen LogP contribution in [0.15, 0.2) is 61.2 Å². The molecule has 3 N–H and O–H groups in total. The number of aryl methyl sites for hydroxylation is 1. The van der Waals surface area contributed by atoms with Gasteiger partial charge < -0.3 is 25.8 Å². The summed E-state index contributed by atoms with van der Waals surface area (Å²) in [5.74, 6) is 1.23. The maximum absolute atomic E-state index is 13.8. The van der Waals surface area contributed by atoms with Crippen LogP contribution >= 0.6 is 0 Å². The summed E-state index contributed by atoms with van der Waals surface area (Å²) < 4.78 is 43.2. The Morgan fingerprint density at radius 3 is 2.51 bits per heavy atom. The number of anilines is 5. The van der Waals surface area contributed by atoms with Crippen molar-refractivity contribution in [2.24, 2.45) is 0 Å². The summed E-state index contributed by atoms with van der Waals surface area (Å²) in [7, 11) is 1.97. The van der Waals surface area contributed by atoms with Crippen molar-refractivity contribution in [1.82, 2.24) is 24.4 Å².